The van der Waals surface area contributed by atoms with E-state index in [1.165, 1.54) is 17.0 Å². The van der Waals surface area contributed by atoms with Crippen LogP contribution in [0.5, 0.6) is 0 Å². The summed E-state index contributed by atoms with van der Waals surface area (Å²) in [7, 11) is -3.96. The molecule has 0 saturated heterocycles. The van der Waals surface area contributed by atoms with Gasteiger partial charge in [-0.2, -0.15) is 0 Å². The second-order valence-electron chi connectivity index (χ2n) is 9.34. The van der Waals surface area contributed by atoms with Crippen molar-refractivity contribution in [2.24, 2.45) is 0 Å². The second-order valence-corrected chi connectivity index (χ2v) is 12.1. The zero-order valence-electron chi connectivity index (χ0n) is 21.8. The molecule has 2 amide bonds. The van der Waals surface area contributed by atoms with Crippen molar-refractivity contribution < 1.29 is 22.4 Å². The molecule has 1 N–H and O–H groups in total. The third-order valence-electron chi connectivity index (χ3n) is 5.89. The van der Waals surface area contributed by atoms with E-state index < -0.39 is 40.2 Å². The lowest BCUT2D eigenvalue weighted by atomic mass is 10.0. The number of benzene rings is 3. The van der Waals surface area contributed by atoms with Gasteiger partial charge in [0.05, 0.1) is 11.9 Å². The van der Waals surface area contributed by atoms with Gasteiger partial charge in [0, 0.05) is 34.6 Å². The number of nitrogens with one attached hydrogen (secondary N) is 1. The van der Waals surface area contributed by atoms with Crippen LogP contribution in [0.4, 0.5) is 10.1 Å². The first kappa shape index (κ1) is 30.4. The molecule has 11 heteroatoms. The summed E-state index contributed by atoms with van der Waals surface area (Å²) in [4.78, 5) is 28.8. The van der Waals surface area contributed by atoms with E-state index in [1.807, 2.05) is 30.3 Å². The summed E-state index contributed by atoms with van der Waals surface area (Å²) in [6.45, 7) is 2.82. The Morgan fingerprint density at radius 1 is 0.923 bits per heavy atom. The summed E-state index contributed by atoms with van der Waals surface area (Å²) in [5.41, 5.74) is 1.31. The number of sulfonamides is 1. The van der Waals surface area contributed by atoms with Gasteiger partial charge in [-0.1, -0.05) is 59.6 Å². The highest BCUT2D eigenvalue weighted by molar-refractivity contribution is 7.92. The molecule has 208 valence electrons. The molecule has 3 rings (SSSR count). The zero-order chi connectivity index (χ0) is 28.7. The lowest BCUT2D eigenvalue weighted by molar-refractivity contribution is -0.140. The predicted molar refractivity (Wildman–Crippen MR) is 153 cm³/mol. The maximum Gasteiger partial charge on any atom is 0.244 e. The summed E-state index contributed by atoms with van der Waals surface area (Å²) >= 11 is 12.9. The fourth-order valence-corrected chi connectivity index (χ4v) is 5.38. The molecule has 39 heavy (non-hydrogen) atoms. The molecule has 0 unspecified atom stereocenters. The van der Waals surface area contributed by atoms with Gasteiger partial charge in [-0.25, -0.2) is 12.8 Å². The van der Waals surface area contributed by atoms with Gasteiger partial charge >= 0.3 is 0 Å². The molecule has 0 aliphatic heterocycles. The molecule has 0 bridgehead atoms. The summed E-state index contributed by atoms with van der Waals surface area (Å²) < 4.78 is 39.9. The van der Waals surface area contributed by atoms with Crippen LogP contribution in [0, 0.1) is 5.82 Å². The number of carbonyl (C=O) groups excluding carboxylic acids is 2. The SMILES string of the molecule is CC(C)NC(=O)[C@H](Cc1ccccc1)N(Cc1c(Cl)cccc1Cl)C(=O)CN(c1ccc(F)cc1)S(C)(=O)=O. The fraction of sp³-hybridized carbons (Fsp3) is 0.286. The lowest BCUT2D eigenvalue weighted by Gasteiger charge is -2.34. The van der Waals surface area contributed by atoms with Gasteiger partial charge in [-0.3, -0.25) is 13.9 Å². The summed E-state index contributed by atoms with van der Waals surface area (Å²) in [5.74, 6) is -1.64. The minimum Gasteiger partial charge on any atom is -0.352 e. The average Bonchev–Trinajstić information content (AvgIpc) is 2.86. The highest BCUT2D eigenvalue weighted by Gasteiger charge is 2.34. The number of hydrogen-bond acceptors (Lipinski definition) is 4. The number of nitrogens with zero attached hydrogens (tertiary/aromatic N) is 2. The molecular formula is C28H30Cl2FN3O4S. The van der Waals surface area contributed by atoms with Crippen molar-refractivity contribution in [3.8, 4) is 0 Å². The van der Waals surface area contributed by atoms with Gasteiger partial charge in [-0.05, 0) is 55.8 Å². The van der Waals surface area contributed by atoms with Crippen LogP contribution < -0.4 is 9.62 Å². The molecule has 1 atom stereocenters. The summed E-state index contributed by atoms with van der Waals surface area (Å²) in [5, 5.41) is 3.45. The van der Waals surface area contributed by atoms with Crippen LogP contribution in [0.1, 0.15) is 25.0 Å². The molecule has 0 radical (unpaired) electrons. The van der Waals surface area contributed by atoms with Crippen LogP contribution in [-0.2, 0) is 32.6 Å². The largest absolute Gasteiger partial charge is 0.352 e. The van der Waals surface area contributed by atoms with Crippen molar-refractivity contribution in [3.05, 3.63) is 99.8 Å². The van der Waals surface area contributed by atoms with Crippen LogP contribution in [0.3, 0.4) is 0 Å². The van der Waals surface area contributed by atoms with Crippen LogP contribution in [0.2, 0.25) is 10.0 Å². The van der Waals surface area contributed by atoms with Crippen LogP contribution in [-0.4, -0.2) is 50.0 Å². The highest BCUT2D eigenvalue weighted by Crippen LogP contribution is 2.28. The molecule has 0 saturated carbocycles. The molecule has 0 spiro atoms. The molecule has 3 aromatic rings. The first-order valence-corrected chi connectivity index (χ1v) is 14.8. The highest BCUT2D eigenvalue weighted by atomic mass is 35.5. The van der Waals surface area contributed by atoms with Crippen molar-refractivity contribution in [1.82, 2.24) is 10.2 Å². The first-order valence-electron chi connectivity index (χ1n) is 12.2. The molecule has 0 fully saturated rings. The number of amides is 2. The Hall–Kier alpha value is -3.14. The van der Waals surface area contributed by atoms with Crippen molar-refractivity contribution in [3.63, 3.8) is 0 Å². The summed E-state index contributed by atoms with van der Waals surface area (Å²) in [6, 6.07) is 17.6. The number of halogens is 3. The van der Waals surface area contributed by atoms with Gasteiger partial charge in [-0.15, -0.1) is 0 Å². The van der Waals surface area contributed by atoms with E-state index in [0.717, 1.165) is 28.3 Å². The zero-order valence-corrected chi connectivity index (χ0v) is 24.1. The van der Waals surface area contributed by atoms with E-state index in [2.05, 4.69) is 5.32 Å². The Morgan fingerprint density at radius 3 is 2.05 bits per heavy atom. The Labute approximate surface area is 238 Å². The number of hydrogen-bond donors (Lipinski definition) is 1. The standard InChI is InChI=1S/C28H30Cl2FN3O4S/c1-19(2)32-28(36)26(16-20-8-5-4-6-9-20)33(17-23-24(29)10-7-11-25(23)30)27(35)18-34(39(3,37)38)22-14-12-21(31)13-15-22/h4-15,19,26H,16-18H2,1-3H3,(H,32,36)/t26-/m0/s1. The smallest absolute Gasteiger partial charge is 0.244 e. The van der Waals surface area contributed by atoms with E-state index in [1.54, 1.807) is 32.0 Å². The number of anilines is 1. The molecule has 7 nitrogen and oxygen atoms in total. The Bertz CT molecular complexity index is 1380. The maximum absolute atomic E-state index is 14.0. The predicted octanol–water partition coefficient (Wildman–Crippen LogP) is 5.06. The fourth-order valence-electron chi connectivity index (χ4n) is 4.01. The topological polar surface area (TPSA) is 86.8 Å². The molecule has 0 aromatic heterocycles. The molecular weight excluding hydrogens is 564 g/mol. The molecule has 0 aliphatic carbocycles. The molecule has 3 aromatic carbocycles. The molecule has 0 heterocycles. The van der Waals surface area contributed by atoms with Gasteiger partial charge < -0.3 is 10.2 Å². The average molecular weight is 595 g/mol. The third kappa shape index (κ3) is 8.42. The maximum atomic E-state index is 14.0. The lowest BCUT2D eigenvalue weighted by Crippen LogP contribution is -2.54. The van der Waals surface area contributed by atoms with Crippen molar-refractivity contribution in [2.45, 2.75) is 38.9 Å². The minimum absolute atomic E-state index is 0.106. The first-order chi connectivity index (χ1) is 18.4. The monoisotopic (exact) mass is 593 g/mol. The molecule has 0 aliphatic rings. The minimum atomic E-state index is -3.96. The number of rotatable bonds is 11. The van der Waals surface area contributed by atoms with Crippen LogP contribution >= 0.6 is 23.2 Å². The van der Waals surface area contributed by atoms with E-state index in [-0.39, 0.29) is 24.7 Å². The Morgan fingerprint density at radius 2 is 1.51 bits per heavy atom. The van der Waals surface area contributed by atoms with E-state index in [9.17, 15) is 22.4 Å². The van der Waals surface area contributed by atoms with Crippen LogP contribution in [0.25, 0.3) is 0 Å². The Kier molecular flexibility index (Phi) is 10.4. The van der Waals surface area contributed by atoms with Gasteiger partial charge in [0.15, 0.2) is 0 Å². The van der Waals surface area contributed by atoms with E-state index in [4.69, 9.17) is 23.2 Å². The summed E-state index contributed by atoms with van der Waals surface area (Å²) in [6.07, 6.45) is 1.11. The number of carbonyl (C=O) groups is 2. The second kappa shape index (κ2) is 13.3. The van der Waals surface area contributed by atoms with Gasteiger partial charge in [0.1, 0.15) is 18.4 Å². The quantitative estimate of drug-likeness (QED) is 0.336. The normalized spacial score (nSPS) is 12.2. The third-order valence-corrected chi connectivity index (χ3v) is 7.73. The van der Waals surface area contributed by atoms with Crippen molar-refractivity contribution in [1.29, 1.82) is 0 Å². The van der Waals surface area contributed by atoms with Gasteiger partial charge in [0.2, 0.25) is 21.8 Å². The Balaban J connectivity index is 2.09. The van der Waals surface area contributed by atoms with Crippen molar-refractivity contribution in [2.75, 3.05) is 17.1 Å². The van der Waals surface area contributed by atoms with E-state index in [0.29, 0.717) is 15.6 Å². The van der Waals surface area contributed by atoms with Gasteiger partial charge in [0.25, 0.3) is 0 Å². The van der Waals surface area contributed by atoms with E-state index >= 15 is 0 Å². The van der Waals surface area contributed by atoms with Crippen LogP contribution in [0.15, 0.2) is 72.8 Å². The van der Waals surface area contributed by atoms with Crippen molar-refractivity contribution >= 4 is 50.7 Å².